The van der Waals surface area contributed by atoms with Gasteiger partial charge in [0.05, 0.1) is 11.3 Å². The van der Waals surface area contributed by atoms with Crippen LogP contribution in [0.2, 0.25) is 0 Å². The van der Waals surface area contributed by atoms with Gasteiger partial charge in [-0.1, -0.05) is 0 Å². The third-order valence-electron chi connectivity index (χ3n) is 2.72. The average molecular weight is 364 g/mol. The highest BCUT2D eigenvalue weighted by Gasteiger charge is 2.08. The number of fused-ring (bicyclic) bond motifs is 1. The summed E-state index contributed by atoms with van der Waals surface area (Å²) < 4.78 is 1.43. The number of thioether (sulfide) groups is 1. The minimum absolute atomic E-state index is 0.126. The van der Waals surface area contributed by atoms with Crippen LogP contribution in [0.5, 0.6) is 0 Å². The third-order valence-corrected chi connectivity index (χ3v) is 4.65. The fourth-order valence-corrected chi connectivity index (χ4v) is 3.17. The van der Waals surface area contributed by atoms with Crippen molar-refractivity contribution in [2.45, 2.75) is 10.8 Å². The van der Waals surface area contributed by atoms with E-state index < -0.39 is 0 Å². The second kappa shape index (κ2) is 8.46. The predicted molar refractivity (Wildman–Crippen MR) is 95.0 cm³/mol. The number of nitrogens with zero attached hydrogens (tertiary/aromatic N) is 3. The Kier molecular flexibility index (Phi) is 6.33. The molecular formula is C15H16N4O3S2. The predicted octanol–water partition coefficient (Wildman–Crippen LogP) is 1.61. The molecule has 9 heteroatoms. The van der Waals surface area contributed by atoms with Gasteiger partial charge in [-0.2, -0.15) is 4.73 Å². The molecule has 3 heterocycles. The zero-order chi connectivity index (χ0) is 17.5. The lowest BCUT2D eigenvalue weighted by atomic mass is 10.4. The van der Waals surface area contributed by atoms with E-state index >= 15 is 0 Å². The van der Waals surface area contributed by atoms with Gasteiger partial charge in [0.15, 0.2) is 6.20 Å². The summed E-state index contributed by atoms with van der Waals surface area (Å²) in [6, 6.07) is 7.03. The van der Waals surface area contributed by atoms with Crippen LogP contribution in [0.3, 0.4) is 0 Å². The molecule has 0 bridgehead atoms. The summed E-state index contributed by atoms with van der Waals surface area (Å²) in [5, 5.41) is 13.9. The largest absolute Gasteiger partial charge is 0.618 e. The lowest BCUT2D eigenvalue weighted by Gasteiger charge is -2.03. The van der Waals surface area contributed by atoms with E-state index in [1.807, 2.05) is 11.4 Å². The highest BCUT2D eigenvalue weighted by Crippen LogP contribution is 2.19. The molecule has 24 heavy (non-hydrogen) atoms. The highest BCUT2D eigenvalue weighted by atomic mass is 32.2. The van der Waals surface area contributed by atoms with E-state index in [9.17, 15) is 14.8 Å². The lowest BCUT2D eigenvalue weighted by Crippen LogP contribution is -2.27. The van der Waals surface area contributed by atoms with Crippen LogP contribution in [-0.2, 0) is 10.5 Å². The van der Waals surface area contributed by atoms with Crippen molar-refractivity contribution in [3.8, 4) is 0 Å². The molecule has 0 saturated heterocycles. The Labute approximate surface area is 146 Å². The molecule has 3 aromatic rings. The quantitative estimate of drug-likeness (QED) is 0.329. The van der Waals surface area contributed by atoms with Crippen LogP contribution in [0.15, 0.2) is 45.7 Å². The summed E-state index contributed by atoms with van der Waals surface area (Å²) >= 11 is 2.71. The smallest absolute Gasteiger partial charge is 0.268 e. The molecule has 7 nitrogen and oxygen atoms in total. The minimum Gasteiger partial charge on any atom is -0.618 e. The van der Waals surface area contributed by atoms with E-state index in [-0.39, 0.29) is 5.56 Å². The molecule has 3 aromatic heterocycles. The number of thiophene rings is 1. The second-order valence-corrected chi connectivity index (χ2v) is 6.78. The van der Waals surface area contributed by atoms with Crippen molar-refractivity contribution in [1.82, 2.24) is 14.9 Å². The molecule has 0 saturated carbocycles. The van der Waals surface area contributed by atoms with Gasteiger partial charge in [0, 0.05) is 26.2 Å². The second-order valence-electron chi connectivity index (χ2n) is 4.87. The third kappa shape index (κ3) is 4.80. The maximum atomic E-state index is 11.8. The van der Waals surface area contributed by atoms with Gasteiger partial charge in [0.25, 0.3) is 10.6 Å². The summed E-state index contributed by atoms with van der Waals surface area (Å²) in [5.74, 6) is 1.03. The topological polar surface area (TPSA) is 93.0 Å². The van der Waals surface area contributed by atoms with Gasteiger partial charge in [0.2, 0.25) is 6.41 Å². The van der Waals surface area contributed by atoms with E-state index in [0.29, 0.717) is 26.8 Å². The first-order chi connectivity index (χ1) is 11.5. The molecular weight excluding hydrogens is 348 g/mol. The van der Waals surface area contributed by atoms with Crippen molar-refractivity contribution in [3.63, 3.8) is 0 Å². The molecule has 0 aromatic carbocycles. The van der Waals surface area contributed by atoms with Crippen LogP contribution < -0.4 is 10.3 Å². The van der Waals surface area contributed by atoms with Crippen LogP contribution in [0, 0.1) is 5.21 Å². The van der Waals surface area contributed by atoms with Gasteiger partial charge in [-0.3, -0.25) is 9.59 Å². The summed E-state index contributed by atoms with van der Waals surface area (Å²) in [6.45, 7) is 0. The molecule has 0 spiro atoms. The number of carbonyl (C=O) groups excluding carboxylic acids is 1. The van der Waals surface area contributed by atoms with Gasteiger partial charge in [-0.25, -0.2) is 4.98 Å². The van der Waals surface area contributed by atoms with Gasteiger partial charge in [-0.15, -0.1) is 11.3 Å². The first-order valence-corrected chi connectivity index (χ1v) is 8.77. The molecule has 1 amide bonds. The number of H-pyrrole nitrogens is 1. The average Bonchev–Trinajstić information content (AvgIpc) is 3.04. The van der Waals surface area contributed by atoms with E-state index in [2.05, 4.69) is 9.97 Å². The number of amides is 1. The van der Waals surface area contributed by atoms with Crippen LogP contribution in [0.25, 0.3) is 10.2 Å². The van der Waals surface area contributed by atoms with Crippen molar-refractivity contribution < 1.29 is 9.52 Å². The standard InChI is InChI=1S/C12H9N3O2S2.C3H7NO/c16-12-11-8(4-6-18-11)13-9(14-12)7-19-10-3-1-2-5-15(10)17;1-4(2)3-5/h1-6H,7H2,(H,13,14,16);3H,1-2H3. The molecule has 0 fully saturated rings. The maximum absolute atomic E-state index is 11.8. The lowest BCUT2D eigenvalue weighted by molar-refractivity contribution is -0.645. The Morgan fingerprint density at radius 3 is 2.83 bits per heavy atom. The zero-order valence-corrected chi connectivity index (χ0v) is 14.8. The normalized spacial score (nSPS) is 10.1. The Bertz CT molecular complexity index is 876. The molecule has 1 N–H and O–H groups in total. The molecule has 0 aliphatic carbocycles. The molecule has 0 atom stereocenters. The Morgan fingerprint density at radius 2 is 2.17 bits per heavy atom. The van der Waals surface area contributed by atoms with E-state index in [1.54, 1.807) is 32.3 Å². The van der Waals surface area contributed by atoms with E-state index in [1.165, 1.54) is 34.2 Å². The van der Waals surface area contributed by atoms with Crippen molar-refractivity contribution >= 4 is 39.7 Å². The molecule has 0 radical (unpaired) electrons. The van der Waals surface area contributed by atoms with Crippen LogP contribution in [-0.4, -0.2) is 35.4 Å². The number of rotatable bonds is 4. The molecule has 126 valence electrons. The van der Waals surface area contributed by atoms with Gasteiger partial charge in [0.1, 0.15) is 10.5 Å². The van der Waals surface area contributed by atoms with Crippen LogP contribution >= 0.6 is 23.1 Å². The summed E-state index contributed by atoms with van der Waals surface area (Å²) in [4.78, 5) is 29.8. The number of pyridine rings is 1. The maximum Gasteiger partial charge on any atom is 0.268 e. The Hall–Kier alpha value is -2.39. The molecule has 0 unspecified atom stereocenters. The Balaban J connectivity index is 0.000000368. The summed E-state index contributed by atoms with van der Waals surface area (Å²) in [5.41, 5.74) is 0.575. The summed E-state index contributed by atoms with van der Waals surface area (Å²) in [6.07, 6.45) is 2.20. The first kappa shape index (κ1) is 18.0. The van der Waals surface area contributed by atoms with Crippen molar-refractivity contribution in [3.05, 3.63) is 57.2 Å². The Morgan fingerprint density at radius 1 is 1.42 bits per heavy atom. The van der Waals surface area contributed by atoms with E-state index in [0.717, 1.165) is 11.1 Å². The number of nitrogens with one attached hydrogen (secondary N) is 1. The fourth-order valence-electron chi connectivity index (χ4n) is 1.66. The number of hydrogen-bond acceptors (Lipinski definition) is 6. The number of hydrogen-bond donors (Lipinski definition) is 1. The number of carbonyl (C=O) groups is 1. The SMILES string of the molecule is CN(C)C=O.O=c1[nH]c(CSc2cccc[n+]2[O-])nc2ccsc12. The number of aromatic amines is 1. The van der Waals surface area contributed by atoms with Gasteiger partial charge in [-0.05, 0) is 29.3 Å². The first-order valence-electron chi connectivity index (χ1n) is 6.90. The molecule has 0 aliphatic rings. The molecule has 0 aliphatic heterocycles. The van der Waals surface area contributed by atoms with E-state index in [4.69, 9.17) is 0 Å². The molecule has 3 rings (SSSR count). The number of aromatic nitrogens is 3. The zero-order valence-electron chi connectivity index (χ0n) is 13.1. The fraction of sp³-hybridized carbons (Fsp3) is 0.200. The highest BCUT2D eigenvalue weighted by molar-refractivity contribution is 7.98. The minimum atomic E-state index is -0.126. The van der Waals surface area contributed by atoms with Crippen LogP contribution in [0.1, 0.15) is 5.82 Å². The monoisotopic (exact) mass is 364 g/mol. The van der Waals surface area contributed by atoms with Gasteiger partial charge < -0.3 is 15.1 Å². The summed E-state index contributed by atoms with van der Waals surface area (Å²) in [7, 11) is 3.38. The van der Waals surface area contributed by atoms with Crippen molar-refractivity contribution in [1.29, 1.82) is 0 Å². The van der Waals surface area contributed by atoms with Crippen molar-refractivity contribution in [2.75, 3.05) is 14.1 Å². The van der Waals surface area contributed by atoms with Gasteiger partial charge >= 0.3 is 0 Å². The van der Waals surface area contributed by atoms with Crippen molar-refractivity contribution in [2.24, 2.45) is 0 Å². The van der Waals surface area contributed by atoms with Crippen LogP contribution in [0.4, 0.5) is 0 Å².